The first kappa shape index (κ1) is 13.0. The van der Waals surface area contributed by atoms with Crippen LogP contribution in [-0.4, -0.2) is 22.1 Å². The molecule has 1 aromatic rings. The summed E-state index contributed by atoms with van der Waals surface area (Å²) in [5, 5.41) is 11.1. The molecule has 1 N–H and O–H groups in total. The van der Waals surface area contributed by atoms with Gasteiger partial charge in [0.05, 0.1) is 5.69 Å². The van der Waals surface area contributed by atoms with Crippen LogP contribution in [0.4, 0.5) is 0 Å². The highest BCUT2D eigenvalue weighted by Crippen LogP contribution is 2.17. The van der Waals surface area contributed by atoms with Crippen LogP contribution in [0, 0.1) is 0 Å². The molecule has 0 bridgehead atoms. The summed E-state index contributed by atoms with van der Waals surface area (Å²) < 4.78 is 0. The van der Waals surface area contributed by atoms with E-state index in [9.17, 15) is 4.79 Å². The standard InChI is InChI=1S/C14H21N3O/c1-10(2)12-8-9-13(17-16-12)14(18)15-11-6-4-3-5-7-11/h8-11H,3-7H2,1-2H3,(H,15,18). The molecule has 98 valence electrons. The minimum atomic E-state index is -0.0929. The smallest absolute Gasteiger partial charge is 0.272 e. The number of carbonyl (C=O) groups excluding carboxylic acids is 1. The van der Waals surface area contributed by atoms with E-state index in [1.54, 1.807) is 6.07 Å². The lowest BCUT2D eigenvalue weighted by Gasteiger charge is -2.22. The summed E-state index contributed by atoms with van der Waals surface area (Å²) in [6.07, 6.45) is 5.88. The van der Waals surface area contributed by atoms with E-state index in [0.29, 0.717) is 17.7 Å². The van der Waals surface area contributed by atoms with Crippen molar-refractivity contribution in [1.29, 1.82) is 0 Å². The molecule has 1 saturated carbocycles. The van der Waals surface area contributed by atoms with Gasteiger partial charge >= 0.3 is 0 Å². The maximum atomic E-state index is 12.0. The zero-order valence-corrected chi connectivity index (χ0v) is 11.1. The summed E-state index contributed by atoms with van der Waals surface area (Å²) >= 11 is 0. The fourth-order valence-corrected chi connectivity index (χ4v) is 2.28. The Kier molecular flexibility index (Phi) is 4.28. The number of hydrogen-bond donors (Lipinski definition) is 1. The van der Waals surface area contributed by atoms with Crippen LogP contribution in [0.5, 0.6) is 0 Å². The number of rotatable bonds is 3. The molecular weight excluding hydrogens is 226 g/mol. The van der Waals surface area contributed by atoms with E-state index >= 15 is 0 Å². The van der Waals surface area contributed by atoms with Crippen molar-refractivity contribution < 1.29 is 4.79 Å². The first-order valence-corrected chi connectivity index (χ1v) is 6.81. The third-order valence-electron chi connectivity index (χ3n) is 3.45. The average molecular weight is 247 g/mol. The monoisotopic (exact) mass is 247 g/mol. The molecule has 0 spiro atoms. The second-order valence-corrected chi connectivity index (χ2v) is 5.31. The SMILES string of the molecule is CC(C)c1ccc(C(=O)NC2CCCCC2)nn1. The minimum Gasteiger partial charge on any atom is -0.348 e. The number of nitrogens with zero attached hydrogens (tertiary/aromatic N) is 2. The fourth-order valence-electron chi connectivity index (χ4n) is 2.28. The van der Waals surface area contributed by atoms with Gasteiger partial charge in [0.1, 0.15) is 0 Å². The third-order valence-corrected chi connectivity index (χ3v) is 3.45. The Bertz CT molecular complexity index is 394. The van der Waals surface area contributed by atoms with Crippen LogP contribution < -0.4 is 5.32 Å². The van der Waals surface area contributed by atoms with Gasteiger partial charge in [0.15, 0.2) is 5.69 Å². The first-order valence-electron chi connectivity index (χ1n) is 6.81. The van der Waals surface area contributed by atoms with Crippen LogP contribution in [0.2, 0.25) is 0 Å². The van der Waals surface area contributed by atoms with E-state index in [-0.39, 0.29) is 5.91 Å². The molecule has 0 aromatic carbocycles. The second kappa shape index (κ2) is 5.94. The lowest BCUT2D eigenvalue weighted by Crippen LogP contribution is -2.36. The van der Waals surface area contributed by atoms with Crippen molar-refractivity contribution in [3.05, 3.63) is 23.5 Å². The number of hydrogen-bond acceptors (Lipinski definition) is 3. The maximum absolute atomic E-state index is 12.0. The predicted molar refractivity (Wildman–Crippen MR) is 70.5 cm³/mol. The van der Waals surface area contributed by atoms with Crippen molar-refractivity contribution in [3.63, 3.8) is 0 Å². The first-order chi connectivity index (χ1) is 8.66. The lowest BCUT2D eigenvalue weighted by atomic mass is 9.95. The zero-order chi connectivity index (χ0) is 13.0. The molecule has 0 aliphatic heterocycles. The average Bonchev–Trinajstić information content (AvgIpc) is 2.40. The zero-order valence-electron chi connectivity index (χ0n) is 11.1. The van der Waals surface area contributed by atoms with Crippen molar-refractivity contribution in [2.45, 2.75) is 57.9 Å². The van der Waals surface area contributed by atoms with Gasteiger partial charge in [-0.3, -0.25) is 4.79 Å². The van der Waals surface area contributed by atoms with Crippen molar-refractivity contribution in [2.24, 2.45) is 0 Å². The molecule has 1 amide bonds. The van der Waals surface area contributed by atoms with Crippen molar-refractivity contribution in [1.82, 2.24) is 15.5 Å². The molecule has 4 nitrogen and oxygen atoms in total. The van der Waals surface area contributed by atoms with Crippen LogP contribution in [0.25, 0.3) is 0 Å². The van der Waals surface area contributed by atoms with Gasteiger partial charge in [-0.05, 0) is 30.9 Å². The molecule has 1 fully saturated rings. The van der Waals surface area contributed by atoms with E-state index in [1.165, 1.54) is 19.3 Å². The van der Waals surface area contributed by atoms with E-state index in [2.05, 4.69) is 29.4 Å². The highest BCUT2D eigenvalue weighted by molar-refractivity contribution is 5.92. The van der Waals surface area contributed by atoms with Gasteiger partial charge in [0, 0.05) is 6.04 Å². The summed E-state index contributed by atoms with van der Waals surface area (Å²) in [5.74, 6) is 0.248. The van der Waals surface area contributed by atoms with Crippen LogP contribution in [0.15, 0.2) is 12.1 Å². The Morgan fingerprint density at radius 3 is 2.50 bits per heavy atom. The van der Waals surface area contributed by atoms with Gasteiger partial charge in [0.2, 0.25) is 0 Å². The number of aromatic nitrogens is 2. The number of carbonyl (C=O) groups is 1. The van der Waals surface area contributed by atoms with Crippen LogP contribution in [0.3, 0.4) is 0 Å². The van der Waals surface area contributed by atoms with Gasteiger partial charge in [-0.15, -0.1) is 5.10 Å². The number of nitrogens with one attached hydrogen (secondary N) is 1. The molecule has 0 atom stereocenters. The normalized spacial score (nSPS) is 16.8. The second-order valence-electron chi connectivity index (χ2n) is 5.31. The largest absolute Gasteiger partial charge is 0.348 e. The van der Waals surface area contributed by atoms with Gasteiger partial charge in [0.25, 0.3) is 5.91 Å². The Hall–Kier alpha value is -1.45. The molecule has 18 heavy (non-hydrogen) atoms. The Labute approximate surface area is 108 Å². The number of amides is 1. The summed E-state index contributed by atoms with van der Waals surface area (Å²) in [6.45, 7) is 4.12. The molecule has 2 rings (SSSR count). The summed E-state index contributed by atoms with van der Waals surface area (Å²) in [6, 6.07) is 3.96. The van der Waals surface area contributed by atoms with Crippen molar-refractivity contribution in [3.8, 4) is 0 Å². The minimum absolute atomic E-state index is 0.0929. The van der Waals surface area contributed by atoms with Crippen LogP contribution in [0.1, 0.15) is 68.1 Å². The lowest BCUT2D eigenvalue weighted by molar-refractivity contribution is 0.0921. The van der Waals surface area contributed by atoms with E-state index < -0.39 is 0 Å². The molecule has 1 heterocycles. The molecule has 0 radical (unpaired) electrons. The Morgan fingerprint density at radius 2 is 1.94 bits per heavy atom. The fraction of sp³-hybridized carbons (Fsp3) is 0.643. The van der Waals surface area contributed by atoms with Crippen molar-refractivity contribution in [2.75, 3.05) is 0 Å². The van der Waals surface area contributed by atoms with Gasteiger partial charge in [-0.25, -0.2) is 0 Å². The molecule has 0 saturated heterocycles. The molecule has 4 heteroatoms. The summed E-state index contributed by atoms with van der Waals surface area (Å²) in [5.41, 5.74) is 1.34. The van der Waals surface area contributed by atoms with Crippen molar-refractivity contribution >= 4 is 5.91 Å². The van der Waals surface area contributed by atoms with E-state index in [4.69, 9.17) is 0 Å². The molecule has 1 aliphatic carbocycles. The maximum Gasteiger partial charge on any atom is 0.272 e. The van der Waals surface area contributed by atoms with Gasteiger partial charge < -0.3 is 5.32 Å². The quantitative estimate of drug-likeness (QED) is 0.893. The third kappa shape index (κ3) is 3.28. The Morgan fingerprint density at radius 1 is 1.22 bits per heavy atom. The van der Waals surface area contributed by atoms with E-state index in [0.717, 1.165) is 18.5 Å². The van der Waals surface area contributed by atoms with Gasteiger partial charge in [-0.2, -0.15) is 5.10 Å². The highest BCUT2D eigenvalue weighted by atomic mass is 16.2. The summed E-state index contributed by atoms with van der Waals surface area (Å²) in [4.78, 5) is 12.0. The predicted octanol–water partition coefficient (Wildman–Crippen LogP) is 2.66. The topological polar surface area (TPSA) is 54.9 Å². The highest BCUT2D eigenvalue weighted by Gasteiger charge is 2.17. The van der Waals surface area contributed by atoms with Gasteiger partial charge in [-0.1, -0.05) is 33.1 Å². The van der Waals surface area contributed by atoms with Crippen LogP contribution >= 0.6 is 0 Å². The molecule has 1 aliphatic rings. The van der Waals surface area contributed by atoms with Crippen LogP contribution in [-0.2, 0) is 0 Å². The molecule has 1 aromatic heterocycles. The van der Waals surface area contributed by atoms with E-state index in [1.807, 2.05) is 6.07 Å². The molecule has 0 unspecified atom stereocenters. The molecular formula is C14H21N3O. The Balaban J connectivity index is 1.95. The summed E-state index contributed by atoms with van der Waals surface area (Å²) in [7, 11) is 0.